The Labute approximate surface area is 139 Å². The van der Waals surface area contributed by atoms with Crippen molar-refractivity contribution in [2.24, 2.45) is 5.10 Å². The predicted octanol–water partition coefficient (Wildman–Crippen LogP) is 5.38. The SMILES string of the molecule is O=C(NN=C1CCCCCCC1)c1sc2ccccc2c1Cl. The molecule has 1 fully saturated rings. The molecule has 0 bridgehead atoms. The first kappa shape index (κ1) is 15.5. The third kappa shape index (κ3) is 3.50. The number of halogens is 1. The number of nitrogens with zero attached hydrogens (tertiary/aromatic N) is 1. The second kappa shape index (κ2) is 7.25. The molecule has 3 nitrogen and oxygen atoms in total. The number of hydrazone groups is 1. The predicted molar refractivity (Wildman–Crippen MR) is 94.1 cm³/mol. The highest BCUT2D eigenvalue weighted by molar-refractivity contribution is 7.21. The van der Waals surface area contributed by atoms with Crippen molar-refractivity contribution in [3.63, 3.8) is 0 Å². The average Bonchev–Trinajstić information content (AvgIpc) is 2.84. The molecule has 1 saturated carbocycles. The van der Waals surface area contributed by atoms with E-state index in [1.165, 1.54) is 43.4 Å². The van der Waals surface area contributed by atoms with Gasteiger partial charge < -0.3 is 0 Å². The van der Waals surface area contributed by atoms with E-state index >= 15 is 0 Å². The van der Waals surface area contributed by atoms with Crippen LogP contribution < -0.4 is 5.43 Å². The van der Waals surface area contributed by atoms with E-state index in [4.69, 9.17) is 11.6 Å². The van der Waals surface area contributed by atoms with Gasteiger partial charge in [0, 0.05) is 15.8 Å². The van der Waals surface area contributed by atoms with Gasteiger partial charge in [0.2, 0.25) is 0 Å². The first-order chi connectivity index (χ1) is 10.8. The third-order valence-electron chi connectivity index (χ3n) is 3.99. The molecule has 0 atom stereocenters. The van der Waals surface area contributed by atoms with E-state index < -0.39 is 0 Å². The molecule has 1 aromatic carbocycles. The summed E-state index contributed by atoms with van der Waals surface area (Å²) in [6.45, 7) is 0. The first-order valence-electron chi connectivity index (χ1n) is 7.78. The maximum absolute atomic E-state index is 12.3. The monoisotopic (exact) mass is 334 g/mol. The van der Waals surface area contributed by atoms with Crippen LogP contribution in [0.25, 0.3) is 10.1 Å². The molecule has 1 aliphatic carbocycles. The molecule has 5 heteroatoms. The fourth-order valence-electron chi connectivity index (χ4n) is 2.77. The molecular weight excluding hydrogens is 316 g/mol. The topological polar surface area (TPSA) is 41.5 Å². The summed E-state index contributed by atoms with van der Waals surface area (Å²) in [5, 5.41) is 5.79. The summed E-state index contributed by atoms with van der Waals surface area (Å²) in [6.07, 6.45) is 8.14. The second-order valence-corrected chi connectivity index (χ2v) is 7.06. The van der Waals surface area contributed by atoms with Crippen LogP contribution in [0, 0.1) is 0 Å². The minimum absolute atomic E-state index is 0.208. The molecular formula is C17H19ClN2OS. The van der Waals surface area contributed by atoms with E-state index in [0.29, 0.717) is 9.90 Å². The Hall–Kier alpha value is -1.39. The summed E-state index contributed by atoms with van der Waals surface area (Å²) in [6, 6.07) is 7.79. The smallest absolute Gasteiger partial charge is 0.266 e. The highest BCUT2D eigenvalue weighted by Gasteiger charge is 2.16. The zero-order valence-electron chi connectivity index (χ0n) is 12.4. The highest BCUT2D eigenvalue weighted by atomic mass is 35.5. The summed E-state index contributed by atoms with van der Waals surface area (Å²) < 4.78 is 1.02. The van der Waals surface area contributed by atoms with E-state index in [1.807, 2.05) is 24.3 Å². The summed E-state index contributed by atoms with van der Waals surface area (Å²) in [5.74, 6) is -0.208. The Balaban J connectivity index is 1.74. The van der Waals surface area contributed by atoms with Crippen LogP contribution in [0.4, 0.5) is 0 Å². The van der Waals surface area contributed by atoms with Gasteiger partial charge in [0.05, 0.1) is 5.02 Å². The zero-order valence-corrected chi connectivity index (χ0v) is 14.0. The van der Waals surface area contributed by atoms with Gasteiger partial charge in [-0.15, -0.1) is 11.3 Å². The minimum atomic E-state index is -0.208. The molecule has 0 spiro atoms. The molecule has 2 aromatic rings. The number of hydrogen-bond acceptors (Lipinski definition) is 3. The van der Waals surface area contributed by atoms with Crippen molar-refractivity contribution in [1.82, 2.24) is 5.43 Å². The van der Waals surface area contributed by atoms with Crippen LogP contribution in [-0.2, 0) is 0 Å². The fraction of sp³-hybridized carbons (Fsp3) is 0.412. The molecule has 1 heterocycles. The molecule has 3 rings (SSSR count). The molecule has 0 unspecified atom stereocenters. The molecule has 1 amide bonds. The molecule has 1 aromatic heterocycles. The lowest BCUT2D eigenvalue weighted by Gasteiger charge is -2.10. The average molecular weight is 335 g/mol. The summed E-state index contributed by atoms with van der Waals surface area (Å²) >= 11 is 7.74. The number of fused-ring (bicyclic) bond motifs is 1. The van der Waals surface area contributed by atoms with Gasteiger partial charge in [-0.2, -0.15) is 5.10 Å². The van der Waals surface area contributed by atoms with Gasteiger partial charge in [-0.3, -0.25) is 4.79 Å². The highest BCUT2D eigenvalue weighted by Crippen LogP contribution is 2.34. The van der Waals surface area contributed by atoms with Crippen LogP contribution >= 0.6 is 22.9 Å². The van der Waals surface area contributed by atoms with Gasteiger partial charge >= 0.3 is 0 Å². The van der Waals surface area contributed by atoms with E-state index in [2.05, 4.69) is 10.5 Å². The lowest BCUT2D eigenvalue weighted by Crippen LogP contribution is -2.19. The normalized spacial score (nSPS) is 16.1. The van der Waals surface area contributed by atoms with E-state index in [0.717, 1.165) is 28.6 Å². The maximum Gasteiger partial charge on any atom is 0.283 e. The van der Waals surface area contributed by atoms with Gasteiger partial charge in [-0.05, 0) is 31.7 Å². The minimum Gasteiger partial charge on any atom is -0.266 e. The standard InChI is InChI=1S/C17H19ClN2OS/c18-15-13-10-6-7-11-14(13)22-16(15)17(21)20-19-12-8-4-2-1-3-5-9-12/h6-7,10-11H,1-5,8-9H2,(H,20,21). The van der Waals surface area contributed by atoms with Gasteiger partial charge in [0.15, 0.2) is 0 Å². The van der Waals surface area contributed by atoms with Crippen LogP contribution in [0.1, 0.15) is 54.6 Å². The van der Waals surface area contributed by atoms with Gasteiger partial charge in [0.25, 0.3) is 5.91 Å². The number of hydrogen-bond donors (Lipinski definition) is 1. The number of nitrogens with one attached hydrogen (secondary N) is 1. The molecule has 0 radical (unpaired) electrons. The van der Waals surface area contributed by atoms with Crippen molar-refractivity contribution in [3.8, 4) is 0 Å². The summed E-state index contributed by atoms with van der Waals surface area (Å²) in [4.78, 5) is 12.9. The number of carbonyl (C=O) groups is 1. The Bertz CT molecular complexity index is 698. The summed E-state index contributed by atoms with van der Waals surface area (Å²) in [7, 11) is 0. The number of rotatable bonds is 2. The van der Waals surface area contributed by atoms with Crippen LogP contribution in [0.3, 0.4) is 0 Å². The number of carbonyl (C=O) groups excluding carboxylic acids is 1. The molecule has 1 N–H and O–H groups in total. The largest absolute Gasteiger partial charge is 0.283 e. The molecule has 0 aliphatic heterocycles. The van der Waals surface area contributed by atoms with Crippen LogP contribution in [0.15, 0.2) is 29.4 Å². The Morgan fingerprint density at radius 3 is 2.50 bits per heavy atom. The van der Waals surface area contributed by atoms with Gasteiger partial charge in [-0.25, -0.2) is 5.43 Å². The van der Waals surface area contributed by atoms with Crippen molar-refractivity contribution in [3.05, 3.63) is 34.2 Å². The maximum atomic E-state index is 12.3. The summed E-state index contributed by atoms with van der Waals surface area (Å²) in [5.41, 5.74) is 3.80. The van der Waals surface area contributed by atoms with Crippen LogP contribution in [0.5, 0.6) is 0 Å². The molecule has 22 heavy (non-hydrogen) atoms. The van der Waals surface area contributed by atoms with E-state index in [1.54, 1.807) is 0 Å². The number of thiophene rings is 1. The first-order valence-corrected chi connectivity index (χ1v) is 8.98. The van der Waals surface area contributed by atoms with Crippen LogP contribution in [-0.4, -0.2) is 11.6 Å². The zero-order chi connectivity index (χ0) is 15.4. The molecule has 1 aliphatic rings. The molecule has 0 saturated heterocycles. The van der Waals surface area contributed by atoms with Crippen molar-refractivity contribution in [2.45, 2.75) is 44.9 Å². The van der Waals surface area contributed by atoms with E-state index in [9.17, 15) is 4.79 Å². The number of amides is 1. The van der Waals surface area contributed by atoms with Crippen molar-refractivity contribution < 1.29 is 4.79 Å². The van der Waals surface area contributed by atoms with Gasteiger partial charge in [-0.1, -0.05) is 49.1 Å². The Kier molecular flexibility index (Phi) is 5.11. The third-order valence-corrected chi connectivity index (χ3v) is 5.66. The quantitative estimate of drug-likeness (QED) is 0.735. The Morgan fingerprint density at radius 1 is 1.09 bits per heavy atom. The lowest BCUT2D eigenvalue weighted by molar-refractivity contribution is 0.0959. The van der Waals surface area contributed by atoms with Crippen molar-refractivity contribution in [1.29, 1.82) is 0 Å². The second-order valence-electron chi connectivity index (χ2n) is 5.63. The van der Waals surface area contributed by atoms with Gasteiger partial charge in [0.1, 0.15) is 4.88 Å². The van der Waals surface area contributed by atoms with Crippen LogP contribution in [0.2, 0.25) is 5.02 Å². The lowest BCUT2D eigenvalue weighted by atomic mass is 9.99. The van der Waals surface area contributed by atoms with Crippen molar-refractivity contribution >= 4 is 44.6 Å². The number of benzene rings is 1. The van der Waals surface area contributed by atoms with E-state index in [-0.39, 0.29) is 5.91 Å². The van der Waals surface area contributed by atoms with Crippen molar-refractivity contribution in [2.75, 3.05) is 0 Å². The Morgan fingerprint density at radius 2 is 1.77 bits per heavy atom. The fourth-order valence-corrected chi connectivity index (χ4v) is 4.17. The molecule has 116 valence electrons.